The van der Waals surface area contributed by atoms with Gasteiger partial charge in [-0.05, 0) is 19.3 Å². The van der Waals surface area contributed by atoms with E-state index >= 15 is 0 Å². The third kappa shape index (κ3) is 5.49. The van der Waals surface area contributed by atoms with Crippen molar-refractivity contribution in [1.82, 2.24) is 9.97 Å². The largest absolute Gasteiger partial charge is 0.395 e. The van der Waals surface area contributed by atoms with Gasteiger partial charge in [0.15, 0.2) is 0 Å². The molecule has 0 unspecified atom stereocenters. The van der Waals surface area contributed by atoms with Gasteiger partial charge in [-0.15, -0.1) is 0 Å². The van der Waals surface area contributed by atoms with Gasteiger partial charge in [-0.25, -0.2) is 9.97 Å². The molecule has 0 aliphatic heterocycles. The first-order valence-electron chi connectivity index (χ1n) is 6.06. The first kappa shape index (κ1) is 13.7. The number of aromatic nitrogens is 2. The molecule has 0 aliphatic rings. The van der Waals surface area contributed by atoms with E-state index < -0.39 is 0 Å². The van der Waals surface area contributed by atoms with Gasteiger partial charge in [0.1, 0.15) is 17.5 Å². The Morgan fingerprint density at radius 2 is 1.76 bits per heavy atom. The van der Waals surface area contributed by atoms with E-state index in [1.807, 2.05) is 13.0 Å². The van der Waals surface area contributed by atoms with E-state index in [9.17, 15) is 0 Å². The highest BCUT2D eigenvalue weighted by Gasteiger charge is 2.01. The lowest BCUT2D eigenvalue weighted by Crippen LogP contribution is -2.11. The molecule has 1 heterocycles. The van der Waals surface area contributed by atoms with Crippen LogP contribution in [0.4, 0.5) is 11.6 Å². The molecule has 96 valence electrons. The quantitative estimate of drug-likeness (QED) is 0.674. The van der Waals surface area contributed by atoms with Crippen molar-refractivity contribution in [2.45, 2.75) is 27.2 Å². The number of aliphatic hydroxyl groups is 1. The van der Waals surface area contributed by atoms with Gasteiger partial charge < -0.3 is 15.7 Å². The van der Waals surface area contributed by atoms with Crippen LogP contribution in [0, 0.1) is 12.8 Å². The molecule has 0 atom stereocenters. The topological polar surface area (TPSA) is 70.1 Å². The van der Waals surface area contributed by atoms with E-state index in [-0.39, 0.29) is 6.61 Å². The zero-order valence-electron chi connectivity index (χ0n) is 10.8. The monoisotopic (exact) mass is 238 g/mol. The normalized spacial score (nSPS) is 10.6. The Balaban J connectivity index is 2.55. The fraction of sp³-hybridized carbons (Fsp3) is 0.667. The third-order valence-corrected chi connectivity index (χ3v) is 2.28. The van der Waals surface area contributed by atoms with Crippen LogP contribution in [0.2, 0.25) is 0 Å². The Bertz CT molecular complexity index is 341. The minimum absolute atomic E-state index is 0.0964. The molecule has 5 heteroatoms. The lowest BCUT2D eigenvalue weighted by atomic mass is 10.1. The number of anilines is 2. The van der Waals surface area contributed by atoms with Crippen molar-refractivity contribution in [1.29, 1.82) is 0 Å². The fourth-order valence-electron chi connectivity index (χ4n) is 1.42. The van der Waals surface area contributed by atoms with Crippen molar-refractivity contribution in [3.8, 4) is 0 Å². The van der Waals surface area contributed by atoms with Crippen LogP contribution in [0.5, 0.6) is 0 Å². The molecule has 0 saturated heterocycles. The number of rotatable bonds is 7. The summed E-state index contributed by atoms with van der Waals surface area (Å²) in [6.45, 7) is 7.76. The average Bonchev–Trinajstić information content (AvgIpc) is 2.25. The highest BCUT2D eigenvalue weighted by Crippen LogP contribution is 2.11. The number of aliphatic hydroxyl groups excluding tert-OH is 1. The number of nitrogens with zero attached hydrogens (tertiary/aromatic N) is 2. The minimum atomic E-state index is 0.0964. The summed E-state index contributed by atoms with van der Waals surface area (Å²) in [5, 5.41) is 15.1. The van der Waals surface area contributed by atoms with Crippen LogP contribution in [0.3, 0.4) is 0 Å². The predicted octanol–water partition coefficient (Wildman–Crippen LogP) is 1.65. The van der Waals surface area contributed by atoms with Crippen molar-refractivity contribution in [2.24, 2.45) is 5.92 Å². The molecule has 0 radical (unpaired) electrons. The van der Waals surface area contributed by atoms with Crippen LogP contribution in [-0.4, -0.2) is 34.8 Å². The SMILES string of the molecule is Cc1nc(NCCO)cc(NCCC(C)C)n1. The summed E-state index contributed by atoms with van der Waals surface area (Å²) < 4.78 is 0. The van der Waals surface area contributed by atoms with Crippen LogP contribution in [-0.2, 0) is 0 Å². The highest BCUT2D eigenvalue weighted by molar-refractivity contribution is 5.47. The van der Waals surface area contributed by atoms with E-state index in [1.165, 1.54) is 0 Å². The van der Waals surface area contributed by atoms with Crippen molar-refractivity contribution in [3.63, 3.8) is 0 Å². The number of nitrogens with one attached hydrogen (secondary N) is 2. The summed E-state index contributed by atoms with van der Waals surface area (Å²) in [4.78, 5) is 8.56. The molecule has 0 saturated carbocycles. The summed E-state index contributed by atoms with van der Waals surface area (Å²) in [5.41, 5.74) is 0. The van der Waals surface area contributed by atoms with Gasteiger partial charge in [-0.2, -0.15) is 0 Å². The van der Waals surface area contributed by atoms with Gasteiger partial charge in [-0.3, -0.25) is 0 Å². The molecule has 1 rings (SSSR count). The Morgan fingerprint density at radius 1 is 1.18 bits per heavy atom. The van der Waals surface area contributed by atoms with Gasteiger partial charge in [0.05, 0.1) is 6.61 Å². The lowest BCUT2D eigenvalue weighted by Gasteiger charge is -2.10. The van der Waals surface area contributed by atoms with Crippen LogP contribution >= 0.6 is 0 Å². The minimum Gasteiger partial charge on any atom is -0.395 e. The van der Waals surface area contributed by atoms with Crippen LogP contribution in [0.15, 0.2) is 6.07 Å². The second kappa shape index (κ2) is 7.06. The molecule has 1 aromatic heterocycles. The molecule has 3 N–H and O–H groups in total. The summed E-state index contributed by atoms with van der Waals surface area (Å²) in [5.74, 6) is 2.98. The Morgan fingerprint density at radius 3 is 2.29 bits per heavy atom. The van der Waals surface area contributed by atoms with Crippen molar-refractivity contribution in [3.05, 3.63) is 11.9 Å². The fourth-order valence-corrected chi connectivity index (χ4v) is 1.42. The van der Waals surface area contributed by atoms with Gasteiger partial charge in [0.2, 0.25) is 0 Å². The molecule has 17 heavy (non-hydrogen) atoms. The molecule has 5 nitrogen and oxygen atoms in total. The highest BCUT2D eigenvalue weighted by atomic mass is 16.3. The summed E-state index contributed by atoms with van der Waals surface area (Å²) in [6, 6.07) is 1.86. The van der Waals surface area contributed by atoms with E-state index in [1.54, 1.807) is 0 Å². The Hall–Kier alpha value is -1.36. The molecular weight excluding hydrogens is 216 g/mol. The zero-order chi connectivity index (χ0) is 12.7. The number of aryl methyl sites for hydroxylation is 1. The summed E-state index contributed by atoms with van der Waals surface area (Å²) in [6.07, 6.45) is 1.11. The second-order valence-electron chi connectivity index (χ2n) is 4.45. The molecule has 0 spiro atoms. The van der Waals surface area contributed by atoms with Crippen LogP contribution in [0.1, 0.15) is 26.1 Å². The second-order valence-corrected chi connectivity index (χ2v) is 4.45. The smallest absolute Gasteiger partial charge is 0.131 e. The average molecular weight is 238 g/mol. The molecule has 0 aromatic carbocycles. The molecule has 0 amide bonds. The van der Waals surface area contributed by atoms with Crippen molar-refractivity contribution in [2.75, 3.05) is 30.3 Å². The molecule has 0 aliphatic carbocycles. The Kier molecular flexibility index (Phi) is 5.69. The van der Waals surface area contributed by atoms with E-state index in [0.717, 1.165) is 30.4 Å². The van der Waals surface area contributed by atoms with E-state index in [2.05, 4.69) is 34.4 Å². The first-order valence-corrected chi connectivity index (χ1v) is 6.06. The maximum absolute atomic E-state index is 8.75. The molecular formula is C12H22N4O. The maximum Gasteiger partial charge on any atom is 0.131 e. The van der Waals surface area contributed by atoms with Crippen LogP contribution in [0.25, 0.3) is 0 Å². The molecule has 1 aromatic rings. The number of hydrogen-bond donors (Lipinski definition) is 3. The zero-order valence-corrected chi connectivity index (χ0v) is 10.8. The van der Waals surface area contributed by atoms with Gasteiger partial charge >= 0.3 is 0 Å². The maximum atomic E-state index is 8.75. The lowest BCUT2D eigenvalue weighted by molar-refractivity contribution is 0.311. The van der Waals surface area contributed by atoms with Crippen molar-refractivity contribution < 1.29 is 5.11 Å². The summed E-state index contributed by atoms with van der Waals surface area (Å²) in [7, 11) is 0. The predicted molar refractivity (Wildman–Crippen MR) is 70.3 cm³/mol. The molecule has 0 fully saturated rings. The summed E-state index contributed by atoms with van der Waals surface area (Å²) >= 11 is 0. The standard InChI is InChI=1S/C12H22N4O/c1-9(2)4-5-13-11-8-12(14-6-7-17)16-10(3)15-11/h8-9,17H,4-7H2,1-3H3,(H2,13,14,15,16). The van der Waals surface area contributed by atoms with Crippen molar-refractivity contribution >= 4 is 11.6 Å². The Labute approximate surface area is 103 Å². The first-order chi connectivity index (χ1) is 8.11. The molecule has 0 bridgehead atoms. The number of hydrogen-bond acceptors (Lipinski definition) is 5. The van der Waals surface area contributed by atoms with Gasteiger partial charge in [0.25, 0.3) is 0 Å². The van der Waals surface area contributed by atoms with E-state index in [4.69, 9.17) is 5.11 Å². The van der Waals surface area contributed by atoms with Gasteiger partial charge in [-0.1, -0.05) is 13.8 Å². The van der Waals surface area contributed by atoms with Crippen LogP contribution < -0.4 is 10.6 Å². The van der Waals surface area contributed by atoms with Gasteiger partial charge in [0, 0.05) is 19.2 Å². The van der Waals surface area contributed by atoms with E-state index in [0.29, 0.717) is 12.5 Å². The third-order valence-electron chi connectivity index (χ3n) is 2.28.